The summed E-state index contributed by atoms with van der Waals surface area (Å²) in [6.07, 6.45) is 0. The molecule has 0 aliphatic rings. The van der Waals surface area contributed by atoms with Gasteiger partial charge in [0, 0.05) is 0 Å². The van der Waals surface area contributed by atoms with Gasteiger partial charge < -0.3 is 0 Å². The van der Waals surface area contributed by atoms with Crippen molar-refractivity contribution in [3.8, 4) is 0 Å². The normalized spacial score (nSPS) is 9.00. The van der Waals surface area contributed by atoms with Gasteiger partial charge in [-0.05, 0) is 11.8 Å². The standard InChI is InChI=1S/2C4H9/c2*1-4(2)3/h2*4H,1H2,2-3H3. The second-order valence-corrected chi connectivity index (χ2v) is 2.79. The van der Waals surface area contributed by atoms with Crippen LogP contribution < -0.4 is 0 Å². The van der Waals surface area contributed by atoms with Gasteiger partial charge in [-0.1, -0.05) is 41.5 Å². The first kappa shape index (κ1) is 10.9. The molecule has 0 saturated heterocycles. The molecule has 8 heavy (non-hydrogen) atoms. The van der Waals surface area contributed by atoms with E-state index in [1.807, 2.05) is 0 Å². The van der Waals surface area contributed by atoms with Crippen molar-refractivity contribution in [3.05, 3.63) is 13.8 Å². The molecule has 0 aromatic rings. The molecule has 0 heterocycles. The van der Waals surface area contributed by atoms with E-state index >= 15 is 0 Å². The third-order valence-corrected chi connectivity index (χ3v) is 0. The third kappa shape index (κ3) is 0. The lowest BCUT2D eigenvalue weighted by Gasteiger charge is -1.78. The average Bonchev–Trinajstić information content (AvgIpc) is 1.25. The minimum atomic E-state index is 0.583. The minimum absolute atomic E-state index is 0.583. The maximum Gasteiger partial charge on any atom is -0.0471 e. The van der Waals surface area contributed by atoms with Crippen molar-refractivity contribution in [2.45, 2.75) is 27.7 Å². The van der Waals surface area contributed by atoms with Gasteiger partial charge in [0.25, 0.3) is 0 Å². The quantitative estimate of drug-likeness (QED) is 0.454. The summed E-state index contributed by atoms with van der Waals surface area (Å²) >= 11 is 0. The fraction of sp³-hybridized carbons (Fsp3) is 0.750. The Balaban J connectivity index is 0. The smallest absolute Gasteiger partial charge is 0.0471 e. The van der Waals surface area contributed by atoms with Crippen LogP contribution >= 0.6 is 0 Å². The predicted molar refractivity (Wildman–Crippen MR) is 40.4 cm³/mol. The van der Waals surface area contributed by atoms with E-state index in [1.165, 1.54) is 0 Å². The van der Waals surface area contributed by atoms with Crippen molar-refractivity contribution < 1.29 is 0 Å². The van der Waals surface area contributed by atoms with Crippen molar-refractivity contribution in [2.75, 3.05) is 0 Å². The minimum Gasteiger partial charge on any atom is -0.0628 e. The van der Waals surface area contributed by atoms with Crippen molar-refractivity contribution in [1.82, 2.24) is 0 Å². The van der Waals surface area contributed by atoms with Gasteiger partial charge in [0.2, 0.25) is 0 Å². The SMILES string of the molecule is [CH2]C(C)C.[CH2]C(C)C. The molecule has 0 N–H and O–H groups in total. The molecule has 50 valence electrons. The second-order valence-electron chi connectivity index (χ2n) is 2.79. The molecule has 0 aromatic heterocycles. The summed E-state index contributed by atoms with van der Waals surface area (Å²) in [7, 11) is 0. The zero-order valence-electron chi connectivity index (χ0n) is 6.57. The summed E-state index contributed by atoms with van der Waals surface area (Å²) in [6.45, 7) is 15.5. The van der Waals surface area contributed by atoms with E-state index in [0.717, 1.165) is 0 Å². The van der Waals surface area contributed by atoms with Crippen LogP contribution in [0, 0.1) is 25.7 Å². The monoisotopic (exact) mass is 114 g/mol. The summed E-state index contributed by atoms with van der Waals surface area (Å²) in [6, 6.07) is 0. The topological polar surface area (TPSA) is 0 Å². The molecular weight excluding hydrogens is 96.1 g/mol. The predicted octanol–water partition coefficient (Wildman–Crippen LogP) is 2.95. The number of hydrogen-bond donors (Lipinski definition) is 0. The van der Waals surface area contributed by atoms with E-state index in [4.69, 9.17) is 0 Å². The molecule has 0 heteroatoms. The van der Waals surface area contributed by atoms with Gasteiger partial charge in [0.05, 0.1) is 0 Å². The van der Waals surface area contributed by atoms with Crippen LogP contribution in [0.5, 0.6) is 0 Å². The summed E-state index contributed by atoms with van der Waals surface area (Å²) in [5.41, 5.74) is 0. The Morgan fingerprint density at radius 2 is 0.750 bits per heavy atom. The van der Waals surface area contributed by atoms with Gasteiger partial charge in [-0.2, -0.15) is 0 Å². The Bertz CT molecular complexity index is 15.5. The fourth-order valence-electron chi connectivity index (χ4n) is 0. The molecule has 0 aliphatic carbocycles. The highest BCUT2D eigenvalue weighted by molar-refractivity contribution is 4.38. The highest BCUT2D eigenvalue weighted by atomic mass is 13.7. The van der Waals surface area contributed by atoms with Crippen LogP contribution in [0.4, 0.5) is 0 Å². The lowest BCUT2D eigenvalue weighted by atomic mass is 10.3. The highest BCUT2D eigenvalue weighted by Gasteiger charge is 1.68. The van der Waals surface area contributed by atoms with Crippen LogP contribution in [0.1, 0.15) is 27.7 Å². The van der Waals surface area contributed by atoms with Crippen molar-refractivity contribution in [2.24, 2.45) is 11.8 Å². The van der Waals surface area contributed by atoms with Crippen molar-refractivity contribution in [3.63, 3.8) is 0 Å². The Morgan fingerprint density at radius 1 is 0.750 bits per heavy atom. The molecule has 0 bridgehead atoms. The first-order chi connectivity index (χ1) is 3.46. The van der Waals surface area contributed by atoms with E-state index in [-0.39, 0.29) is 0 Å². The lowest BCUT2D eigenvalue weighted by Crippen LogP contribution is -1.67. The molecule has 0 atom stereocenters. The Morgan fingerprint density at radius 3 is 0.750 bits per heavy atom. The second kappa shape index (κ2) is 7.00. The van der Waals surface area contributed by atoms with Crippen LogP contribution in [0.3, 0.4) is 0 Å². The molecule has 0 aromatic carbocycles. The van der Waals surface area contributed by atoms with E-state index in [0.29, 0.717) is 11.8 Å². The van der Waals surface area contributed by atoms with Gasteiger partial charge >= 0.3 is 0 Å². The van der Waals surface area contributed by atoms with Gasteiger partial charge in [-0.15, -0.1) is 0 Å². The summed E-state index contributed by atoms with van der Waals surface area (Å²) in [5.74, 6) is 1.17. The van der Waals surface area contributed by atoms with Gasteiger partial charge in [0.1, 0.15) is 0 Å². The third-order valence-electron chi connectivity index (χ3n) is 0. The number of rotatable bonds is 0. The van der Waals surface area contributed by atoms with Gasteiger partial charge in [0.15, 0.2) is 0 Å². The molecule has 0 nitrogen and oxygen atoms in total. The average molecular weight is 114 g/mol. The maximum atomic E-state index is 3.64. The Kier molecular flexibility index (Phi) is 9.53. The molecular formula is C8H18. The first-order valence-corrected chi connectivity index (χ1v) is 3.13. The number of hydrogen-bond acceptors (Lipinski definition) is 0. The Labute approximate surface area is 54.3 Å². The fourth-order valence-corrected chi connectivity index (χ4v) is 0. The van der Waals surface area contributed by atoms with Crippen LogP contribution in [0.25, 0.3) is 0 Å². The van der Waals surface area contributed by atoms with Gasteiger partial charge in [-0.3, -0.25) is 0 Å². The summed E-state index contributed by atoms with van der Waals surface area (Å²) in [5, 5.41) is 0. The van der Waals surface area contributed by atoms with Crippen LogP contribution in [-0.2, 0) is 0 Å². The molecule has 0 rings (SSSR count). The summed E-state index contributed by atoms with van der Waals surface area (Å²) in [4.78, 5) is 0. The molecule has 0 unspecified atom stereocenters. The molecule has 0 spiro atoms. The molecule has 0 fully saturated rings. The highest BCUT2D eigenvalue weighted by Crippen LogP contribution is 1.80. The van der Waals surface area contributed by atoms with Crippen molar-refractivity contribution in [1.29, 1.82) is 0 Å². The zero-order valence-corrected chi connectivity index (χ0v) is 6.57. The van der Waals surface area contributed by atoms with E-state index in [1.54, 1.807) is 0 Å². The zero-order chi connectivity index (χ0) is 7.15. The van der Waals surface area contributed by atoms with E-state index in [2.05, 4.69) is 41.5 Å². The Hall–Kier alpha value is 0. The first-order valence-electron chi connectivity index (χ1n) is 3.13. The maximum absolute atomic E-state index is 3.64. The van der Waals surface area contributed by atoms with Gasteiger partial charge in [-0.25, -0.2) is 0 Å². The van der Waals surface area contributed by atoms with Crippen LogP contribution in [-0.4, -0.2) is 0 Å². The van der Waals surface area contributed by atoms with Crippen molar-refractivity contribution >= 4 is 0 Å². The molecule has 0 aliphatic heterocycles. The largest absolute Gasteiger partial charge is 0.0628 e. The molecule has 0 amide bonds. The molecule has 0 saturated carbocycles. The van der Waals surface area contributed by atoms with Crippen LogP contribution in [0.2, 0.25) is 0 Å². The lowest BCUT2D eigenvalue weighted by molar-refractivity contribution is 0.827. The summed E-state index contributed by atoms with van der Waals surface area (Å²) < 4.78 is 0. The van der Waals surface area contributed by atoms with E-state index in [9.17, 15) is 0 Å². The molecule has 2 radical (unpaired) electrons. The van der Waals surface area contributed by atoms with Crippen LogP contribution in [0.15, 0.2) is 0 Å². The van der Waals surface area contributed by atoms with E-state index < -0.39 is 0 Å².